The van der Waals surface area contributed by atoms with Gasteiger partial charge in [-0.05, 0) is 50.9 Å². The summed E-state index contributed by atoms with van der Waals surface area (Å²) in [6.45, 7) is 0. The van der Waals surface area contributed by atoms with Crippen LogP contribution < -0.4 is 0 Å². The molecule has 1 aliphatic heterocycles. The molecule has 0 bridgehead atoms. The molecule has 0 aromatic heterocycles. The van der Waals surface area contributed by atoms with Gasteiger partial charge in [0.2, 0.25) is 0 Å². The number of carbonyl (C=O) groups excluding carboxylic acids is 1. The van der Waals surface area contributed by atoms with E-state index in [4.69, 9.17) is 9.47 Å². The maximum Gasteiger partial charge on any atom is 0.139 e. The average molecular weight is 383 g/mol. The summed E-state index contributed by atoms with van der Waals surface area (Å²) in [4.78, 5) is 13.4. The Hall–Kier alpha value is 0.0700. The Kier molecular flexibility index (Phi) is 3.87. The first-order valence-corrected chi connectivity index (χ1v) is 10.6. The number of Topliss-reactive ketones (excluding diaryl/α,β-unsaturated/α-hetero) is 1. The van der Waals surface area contributed by atoms with Crippen molar-refractivity contribution >= 4 is 21.7 Å². The number of rotatable bonds is 0. The van der Waals surface area contributed by atoms with Gasteiger partial charge in [0.05, 0.1) is 24.4 Å². The lowest BCUT2D eigenvalue weighted by Gasteiger charge is -2.51. The fourth-order valence-electron chi connectivity index (χ4n) is 6.40. The van der Waals surface area contributed by atoms with Gasteiger partial charge in [0.25, 0.3) is 0 Å². The molecule has 0 spiro atoms. The quantitative estimate of drug-likeness (QED) is 0.596. The zero-order valence-corrected chi connectivity index (χ0v) is 15.2. The van der Waals surface area contributed by atoms with E-state index in [1.807, 2.05) is 0 Å². The van der Waals surface area contributed by atoms with Gasteiger partial charge in [-0.2, -0.15) is 0 Å². The number of hydrogen-bond acceptors (Lipinski definition) is 3. The van der Waals surface area contributed by atoms with Crippen molar-refractivity contribution < 1.29 is 14.3 Å². The zero-order valence-electron chi connectivity index (χ0n) is 13.7. The van der Waals surface area contributed by atoms with Gasteiger partial charge in [-0.3, -0.25) is 4.79 Å². The van der Waals surface area contributed by atoms with E-state index in [9.17, 15) is 4.79 Å². The third-order valence-corrected chi connectivity index (χ3v) is 8.20. The molecule has 0 aromatic rings. The molecule has 4 saturated carbocycles. The summed E-state index contributed by atoms with van der Waals surface area (Å²) in [5, 5.41) is 0. The predicted molar refractivity (Wildman–Crippen MR) is 90.6 cm³/mol. The van der Waals surface area contributed by atoms with Crippen LogP contribution in [0, 0.1) is 23.7 Å². The molecule has 0 N–H and O–H groups in total. The summed E-state index contributed by atoms with van der Waals surface area (Å²) < 4.78 is 13.2. The highest BCUT2D eigenvalue weighted by atomic mass is 79.9. The van der Waals surface area contributed by atoms with Crippen molar-refractivity contribution in [3.63, 3.8) is 0 Å². The normalized spacial score (nSPS) is 55.5. The van der Waals surface area contributed by atoms with E-state index in [1.54, 1.807) is 0 Å². The van der Waals surface area contributed by atoms with E-state index in [2.05, 4.69) is 15.9 Å². The first kappa shape index (κ1) is 15.3. The Morgan fingerprint density at radius 2 is 1.65 bits per heavy atom. The van der Waals surface area contributed by atoms with Gasteiger partial charge >= 0.3 is 0 Å². The smallest absolute Gasteiger partial charge is 0.139 e. The minimum absolute atomic E-state index is 0.185. The van der Waals surface area contributed by atoms with Gasteiger partial charge < -0.3 is 9.47 Å². The van der Waals surface area contributed by atoms with Gasteiger partial charge in [0.15, 0.2) is 0 Å². The topological polar surface area (TPSA) is 35.5 Å². The SMILES string of the molecule is O=C1C2CCCCC2C2C1CCC1OC3CCC(Br)CC3OC12. The second kappa shape index (κ2) is 5.81. The fourth-order valence-corrected chi connectivity index (χ4v) is 7.03. The Morgan fingerprint density at radius 3 is 2.57 bits per heavy atom. The van der Waals surface area contributed by atoms with Crippen molar-refractivity contribution in [2.45, 2.75) is 87.0 Å². The van der Waals surface area contributed by atoms with Crippen molar-refractivity contribution in [1.82, 2.24) is 0 Å². The van der Waals surface area contributed by atoms with Gasteiger partial charge in [-0.25, -0.2) is 0 Å². The second-order valence-corrected chi connectivity index (χ2v) is 9.78. The van der Waals surface area contributed by atoms with E-state index in [0.29, 0.717) is 34.5 Å². The molecule has 128 valence electrons. The number of hydrogen-bond donors (Lipinski definition) is 0. The van der Waals surface area contributed by atoms with Crippen molar-refractivity contribution in [1.29, 1.82) is 0 Å². The number of alkyl halides is 1. The van der Waals surface area contributed by atoms with Crippen LogP contribution in [0.15, 0.2) is 0 Å². The Bertz CT molecular complexity index is 495. The molecule has 9 unspecified atom stereocenters. The molecule has 0 radical (unpaired) electrons. The molecule has 0 amide bonds. The first-order valence-electron chi connectivity index (χ1n) is 9.71. The van der Waals surface area contributed by atoms with E-state index in [-0.39, 0.29) is 24.2 Å². The highest BCUT2D eigenvalue weighted by Gasteiger charge is 2.59. The van der Waals surface area contributed by atoms with E-state index in [0.717, 1.165) is 32.1 Å². The van der Waals surface area contributed by atoms with Crippen LogP contribution in [0.3, 0.4) is 0 Å². The molecule has 9 atom stereocenters. The molecule has 1 heterocycles. The summed E-state index contributed by atoms with van der Waals surface area (Å²) in [7, 11) is 0. The fraction of sp³-hybridized carbons (Fsp3) is 0.947. The lowest BCUT2D eigenvalue weighted by atomic mass is 9.70. The number of halogens is 1. The molecular formula is C19H27BrO3. The van der Waals surface area contributed by atoms with Crippen LogP contribution >= 0.6 is 15.9 Å². The van der Waals surface area contributed by atoms with E-state index < -0.39 is 0 Å². The summed E-state index contributed by atoms with van der Waals surface area (Å²) in [5.74, 6) is 2.22. The molecule has 5 rings (SSSR count). The van der Waals surface area contributed by atoms with Crippen LogP contribution in [0.2, 0.25) is 0 Å². The molecule has 3 nitrogen and oxygen atoms in total. The van der Waals surface area contributed by atoms with E-state index in [1.165, 1.54) is 25.7 Å². The van der Waals surface area contributed by atoms with Crippen molar-refractivity contribution in [3.8, 4) is 0 Å². The monoisotopic (exact) mass is 382 g/mol. The molecule has 1 saturated heterocycles. The molecular weight excluding hydrogens is 356 g/mol. The third-order valence-electron chi connectivity index (χ3n) is 7.37. The maximum atomic E-state index is 12.9. The number of carbonyl (C=O) groups is 1. The highest BCUT2D eigenvalue weighted by molar-refractivity contribution is 9.09. The van der Waals surface area contributed by atoms with E-state index >= 15 is 0 Å². The van der Waals surface area contributed by atoms with Gasteiger partial charge in [0.1, 0.15) is 5.78 Å². The Labute approximate surface area is 147 Å². The van der Waals surface area contributed by atoms with Crippen LogP contribution in [0.1, 0.15) is 57.8 Å². The molecule has 23 heavy (non-hydrogen) atoms. The minimum Gasteiger partial charge on any atom is -0.370 e. The van der Waals surface area contributed by atoms with Gasteiger partial charge in [0, 0.05) is 22.6 Å². The molecule has 5 aliphatic rings. The number of fused-ring (bicyclic) bond motifs is 6. The predicted octanol–water partition coefficient (Wildman–Crippen LogP) is 3.87. The molecule has 0 aromatic carbocycles. The third kappa shape index (κ3) is 2.38. The second-order valence-electron chi connectivity index (χ2n) is 8.48. The van der Waals surface area contributed by atoms with Crippen LogP contribution in [0.4, 0.5) is 0 Å². The molecule has 5 fully saturated rings. The average Bonchev–Trinajstić information content (AvgIpc) is 2.87. The summed E-state index contributed by atoms with van der Waals surface area (Å²) >= 11 is 3.77. The minimum atomic E-state index is 0.185. The van der Waals surface area contributed by atoms with Crippen molar-refractivity contribution in [3.05, 3.63) is 0 Å². The Balaban J connectivity index is 1.41. The molecule has 4 heteroatoms. The van der Waals surface area contributed by atoms with Gasteiger partial charge in [-0.15, -0.1) is 0 Å². The van der Waals surface area contributed by atoms with Crippen LogP contribution in [-0.2, 0) is 14.3 Å². The standard InChI is InChI=1S/C19H27BrO3/c20-10-5-7-14-16(9-10)23-19-15(22-14)8-6-13-17(19)11-3-1-2-4-12(11)18(13)21/h10-17,19H,1-9H2. The summed E-state index contributed by atoms with van der Waals surface area (Å²) in [6, 6.07) is 0. The molecule has 4 aliphatic carbocycles. The van der Waals surface area contributed by atoms with Crippen LogP contribution in [0.5, 0.6) is 0 Å². The highest BCUT2D eigenvalue weighted by Crippen LogP contribution is 2.55. The van der Waals surface area contributed by atoms with Crippen LogP contribution in [0.25, 0.3) is 0 Å². The summed E-state index contributed by atoms with van der Waals surface area (Å²) in [5.41, 5.74) is 0. The van der Waals surface area contributed by atoms with Crippen molar-refractivity contribution in [2.24, 2.45) is 23.7 Å². The lowest BCUT2D eigenvalue weighted by Crippen LogP contribution is -2.57. The zero-order chi connectivity index (χ0) is 15.6. The first-order chi connectivity index (χ1) is 11.2. The largest absolute Gasteiger partial charge is 0.370 e. The van der Waals surface area contributed by atoms with Crippen molar-refractivity contribution in [2.75, 3.05) is 0 Å². The number of ketones is 1. The van der Waals surface area contributed by atoms with Crippen LogP contribution in [-0.4, -0.2) is 35.0 Å². The summed E-state index contributed by atoms with van der Waals surface area (Å²) in [6.07, 6.45) is 11.3. The lowest BCUT2D eigenvalue weighted by molar-refractivity contribution is -0.260. The Morgan fingerprint density at radius 1 is 0.826 bits per heavy atom. The maximum absolute atomic E-state index is 12.9. The van der Waals surface area contributed by atoms with Gasteiger partial charge in [-0.1, -0.05) is 28.8 Å². The number of ether oxygens (including phenoxy) is 2.